The van der Waals surface area contributed by atoms with Crippen molar-refractivity contribution in [3.63, 3.8) is 0 Å². The van der Waals surface area contributed by atoms with Crippen molar-refractivity contribution < 1.29 is 15.2 Å². The van der Waals surface area contributed by atoms with Crippen molar-refractivity contribution in [3.8, 4) is 22.6 Å². The number of ether oxygens (including phenoxy) is 1. The number of hydrogen-bond donors (Lipinski definition) is 2. The number of hydrogen-bond acceptors (Lipinski definition) is 5. The number of oxime groups is 2. The summed E-state index contributed by atoms with van der Waals surface area (Å²) in [6.45, 7) is 8.20. The fourth-order valence-electron chi connectivity index (χ4n) is 7.95. The summed E-state index contributed by atoms with van der Waals surface area (Å²) in [7, 11) is 1.77. The lowest BCUT2D eigenvalue weighted by Crippen LogP contribution is -2.25. The van der Waals surface area contributed by atoms with Crippen molar-refractivity contribution in [2.24, 2.45) is 10.3 Å². The molecule has 6 rings (SSSR count). The molecule has 5 aromatic rings. The smallest absolute Gasteiger partial charge is 0.119 e. The molecule has 0 fully saturated rings. The van der Waals surface area contributed by atoms with Crippen LogP contribution in [-0.4, -0.2) is 33.5 Å². The molecule has 0 spiro atoms. The molecular formula is C42H49N3O3. The molecule has 1 aliphatic carbocycles. The van der Waals surface area contributed by atoms with Gasteiger partial charge in [0, 0.05) is 21.9 Å². The zero-order valence-electron chi connectivity index (χ0n) is 29.1. The molecule has 0 saturated carbocycles. The van der Waals surface area contributed by atoms with Gasteiger partial charge in [-0.25, -0.2) is 0 Å². The minimum Gasteiger partial charge on any atom is -0.497 e. The third-order valence-electron chi connectivity index (χ3n) is 10.6. The molecule has 0 bridgehead atoms. The van der Waals surface area contributed by atoms with Crippen molar-refractivity contribution in [2.75, 3.05) is 7.11 Å². The van der Waals surface area contributed by atoms with E-state index < -0.39 is 0 Å². The summed E-state index contributed by atoms with van der Waals surface area (Å²) in [5, 5.41) is 28.2. The highest BCUT2D eigenvalue weighted by molar-refractivity contribution is 6.14. The molecule has 0 unspecified atom stereocenters. The predicted octanol–water partition coefficient (Wildman–Crippen LogP) is 11.4. The maximum atomic E-state index is 9.64. The van der Waals surface area contributed by atoms with Crippen molar-refractivity contribution in [2.45, 2.75) is 97.3 Å². The summed E-state index contributed by atoms with van der Waals surface area (Å²) in [4.78, 5) is 0. The van der Waals surface area contributed by atoms with Crippen LogP contribution in [0.2, 0.25) is 0 Å². The first kappa shape index (κ1) is 33.3. The number of unbranched alkanes of at least 4 members (excludes halogenated alkanes) is 6. The average molecular weight is 644 g/mol. The summed E-state index contributed by atoms with van der Waals surface area (Å²) in [6, 6.07) is 26.2. The number of aromatic nitrogens is 1. The van der Waals surface area contributed by atoms with Crippen LogP contribution >= 0.6 is 0 Å². The van der Waals surface area contributed by atoms with Gasteiger partial charge in [0.05, 0.1) is 29.6 Å². The van der Waals surface area contributed by atoms with Crippen LogP contribution in [0.3, 0.4) is 0 Å². The van der Waals surface area contributed by atoms with Crippen LogP contribution in [0, 0.1) is 0 Å². The number of nitrogens with zero attached hydrogens (tertiary/aromatic N) is 3. The maximum Gasteiger partial charge on any atom is 0.119 e. The third-order valence-corrected chi connectivity index (χ3v) is 10.6. The van der Waals surface area contributed by atoms with Crippen LogP contribution < -0.4 is 4.74 Å². The van der Waals surface area contributed by atoms with Gasteiger partial charge in [-0.2, -0.15) is 0 Å². The molecule has 1 aliphatic rings. The van der Waals surface area contributed by atoms with Crippen LogP contribution in [0.25, 0.3) is 38.6 Å². The van der Waals surface area contributed by atoms with E-state index in [4.69, 9.17) is 4.74 Å². The van der Waals surface area contributed by atoms with Gasteiger partial charge in [0.15, 0.2) is 0 Å². The van der Waals surface area contributed by atoms with Crippen molar-refractivity contribution in [1.29, 1.82) is 0 Å². The highest BCUT2D eigenvalue weighted by Crippen LogP contribution is 2.56. The lowest BCUT2D eigenvalue weighted by molar-refractivity contribution is 0.319. The highest BCUT2D eigenvalue weighted by atomic mass is 16.5. The molecule has 0 amide bonds. The van der Waals surface area contributed by atoms with Crippen molar-refractivity contribution in [1.82, 2.24) is 4.57 Å². The molecule has 1 aromatic heterocycles. The summed E-state index contributed by atoms with van der Waals surface area (Å²) < 4.78 is 8.19. The van der Waals surface area contributed by atoms with Crippen molar-refractivity contribution >= 4 is 33.2 Å². The SMILES string of the molecule is CCCCCCC1(CCCCCC)c2cc(OC)ccc2-c2cc3c4cc(/C(C)=N/O)ccc4n(-c4ccc(/C(C)=N/O)cc4)c3cc21. The quantitative estimate of drug-likeness (QED) is 0.0547. The first-order chi connectivity index (χ1) is 23.4. The minimum atomic E-state index is -0.0972. The zero-order valence-corrected chi connectivity index (χ0v) is 29.1. The first-order valence-corrected chi connectivity index (χ1v) is 17.7. The Bertz CT molecular complexity index is 1970. The molecule has 0 radical (unpaired) electrons. The van der Waals surface area contributed by atoms with Crippen LogP contribution in [0.4, 0.5) is 0 Å². The second kappa shape index (κ2) is 14.3. The molecule has 0 atom stereocenters. The van der Waals surface area contributed by atoms with Gasteiger partial charge < -0.3 is 19.7 Å². The normalized spacial score (nSPS) is 14.1. The molecular weight excluding hydrogens is 594 g/mol. The topological polar surface area (TPSA) is 79.3 Å². The Kier molecular flexibility index (Phi) is 9.91. The van der Waals surface area contributed by atoms with E-state index in [0.29, 0.717) is 11.4 Å². The molecule has 1 heterocycles. The van der Waals surface area contributed by atoms with Crippen molar-refractivity contribution in [3.05, 3.63) is 95.1 Å². The van der Waals surface area contributed by atoms with Crippen LogP contribution in [0.1, 0.15) is 114 Å². The van der Waals surface area contributed by atoms with E-state index in [1.807, 2.05) is 25.1 Å². The number of rotatable bonds is 14. The number of methoxy groups -OCH3 is 1. The van der Waals surface area contributed by atoms with Crippen LogP contribution in [0.15, 0.2) is 83.1 Å². The van der Waals surface area contributed by atoms with E-state index in [0.717, 1.165) is 51.8 Å². The fraction of sp³-hybridized carbons (Fsp3) is 0.381. The fourth-order valence-corrected chi connectivity index (χ4v) is 7.95. The lowest BCUT2D eigenvalue weighted by atomic mass is 9.70. The van der Waals surface area contributed by atoms with Crippen LogP contribution in [-0.2, 0) is 5.41 Å². The Morgan fingerprint density at radius 1 is 0.646 bits per heavy atom. The Balaban J connectivity index is 1.65. The molecule has 0 saturated heterocycles. The van der Waals surface area contributed by atoms with E-state index in [1.54, 1.807) is 14.0 Å². The van der Waals surface area contributed by atoms with E-state index in [9.17, 15) is 10.4 Å². The molecule has 250 valence electrons. The van der Waals surface area contributed by atoms with Crippen LogP contribution in [0.5, 0.6) is 5.75 Å². The lowest BCUT2D eigenvalue weighted by Gasteiger charge is -2.33. The minimum absolute atomic E-state index is 0.0972. The zero-order chi connectivity index (χ0) is 33.8. The molecule has 6 heteroatoms. The molecule has 48 heavy (non-hydrogen) atoms. The van der Waals surface area contributed by atoms with E-state index in [-0.39, 0.29) is 5.41 Å². The second-order valence-electron chi connectivity index (χ2n) is 13.5. The molecule has 6 nitrogen and oxygen atoms in total. The van der Waals surface area contributed by atoms with Gasteiger partial charge in [0.25, 0.3) is 0 Å². The number of benzene rings is 4. The third kappa shape index (κ3) is 5.86. The Morgan fingerprint density at radius 2 is 1.25 bits per heavy atom. The largest absolute Gasteiger partial charge is 0.497 e. The van der Waals surface area contributed by atoms with Gasteiger partial charge >= 0.3 is 0 Å². The molecule has 2 N–H and O–H groups in total. The molecule has 0 aliphatic heterocycles. The first-order valence-electron chi connectivity index (χ1n) is 17.7. The Labute approximate surface area is 284 Å². The predicted molar refractivity (Wildman–Crippen MR) is 199 cm³/mol. The van der Waals surface area contributed by atoms with Gasteiger partial charge in [0.2, 0.25) is 0 Å². The van der Waals surface area contributed by atoms with E-state index in [1.165, 1.54) is 79.0 Å². The van der Waals surface area contributed by atoms with E-state index >= 15 is 0 Å². The molecule has 4 aromatic carbocycles. The monoisotopic (exact) mass is 643 g/mol. The van der Waals surface area contributed by atoms with Gasteiger partial charge in [-0.3, -0.25) is 0 Å². The highest BCUT2D eigenvalue weighted by Gasteiger charge is 2.43. The number of fused-ring (bicyclic) bond motifs is 6. The van der Waals surface area contributed by atoms with Gasteiger partial charge in [-0.1, -0.05) is 99.8 Å². The maximum absolute atomic E-state index is 9.64. The van der Waals surface area contributed by atoms with E-state index in [2.05, 4.69) is 83.3 Å². The van der Waals surface area contributed by atoms with Gasteiger partial charge in [0.1, 0.15) is 5.75 Å². The summed E-state index contributed by atoms with van der Waals surface area (Å²) in [5.41, 5.74) is 11.6. The Hall–Kier alpha value is -4.58. The Morgan fingerprint density at radius 3 is 1.88 bits per heavy atom. The van der Waals surface area contributed by atoms with Gasteiger partial charge in [-0.15, -0.1) is 0 Å². The second-order valence-corrected chi connectivity index (χ2v) is 13.5. The summed E-state index contributed by atoms with van der Waals surface area (Å²) in [6.07, 6.45) is 12.0. The van der Waals surface area contributed by atoms with Gasteiger partial charge in [-0.05, 0) is 109 Å². The standard InChI is InChI=1S/C42H49N3O3/c1-6-8-10-12-22-42(23-13-11-9-7-2)38-25-33(48-5)19-20-34(38)35-26-37-36-24-31(29(4)44-47)16-21-40(36)45(41(37)27-39(35)42)32-17-14-30(15-18-32)28(3)43-46/h14-21,24-27,46-47H,6-13,22-23H2,1-5H3/b43-28+,44-29+. The average Bonchev–Trinajstić information content (AvgIpc) is 3.58. The summed E-state index contributed by atoms with van der Waals surface area (Å²) in [5.74, 6) is 0.915. The summed E-state index contributed by atoms with van der Waals surface area (Å²) >= 11 is 0.